The van der Waals surface area contributed by atoms with Crippen LogP contribution in [-0.4, -0.2) is 20.4 Å². The van der Waals surface area contributed by atoms with Crippen LogP contribution in [0.15, 0.2) is 91.0 Å². The third kappa shape index (κ3) is 4.46. The molecule has 0 atom stereocenters. The summed E-state index contributed by atoms with van der Waals surface area (Å²) in [6.07, 6.45) is 0. The lowest BCUT2D eigenvalue weighted by Crippen LogP contribution is -2.34. The molecule has 0 heterocycles. The Hall–Kier alpha value is -4.70. The Bertz CT molecular complexity index is 1620. The van der Waals surface area contributed by atoms with E-state index < -0.39 is 5.41 Å². The van der Waals surface area contributed by atoms with Crippen molar-refractivity contribution in [3.63, 3.8) is 0 Å². The topological polar surface area (TPSA) is 80.9 Å². The highest BCUT2D eigenvalue weighted by molar-refractivity contribution is 5.79. The molecule has 5 rings (SSSR count). The molecule has 40 heavy (non-hydrogen) atoms. The maximum Gasteiger partial charge on any atom is 0.115 e. The van der Waals surface area contributed by atoms with E-state index in [0.717, 1.165) is 61.2 Å². The predicted octanol–water partition coefficient (Wildman–Crippen LogP) is 8.10. The summed E-state index contributed by atoms with van der Waals surface area (Å²) in [5.41, 5.74) is 9.72. The maximum absolute atomic E-state index is 10.4. The van der Waals surface area contributed by atoms with E-state index in [1.54, 1.807) is 48.5 Å². The molecule has 4 N–H and O–H groups in total. The summed E-state index contributed by atoms with van der Waals surface area (Å²) in [6.45, 7) is 10.0. The molecule has 0 saturated heterocycles. The van der Waals surface area contributed by atoms with Gasteiger partial charge >= 0.3 is 0 Å². The highest BCUT2D eigenvalue weighted by Crippen LogP contribution is 2.52. The summed E-state index contributed by atoms with van der Waals surface area (Å²) < 4.78 is 0. The van der Waals surface area contributed by atoms with Gasteiger partial charge in [-0.05, 0) is 139 Å². The summed E-state index contributed by atoms with van der Waals surface area (Å²) >= 11 is 0. The first kappa shape index (κ1) is 26.9. The van der Waals surface area contributed by atoms with Gasteiger partial charge in [-0.1, -0.05) is 48.0 Å². The fourth-order valence-electron chi connectivity index (χ4n) is 6.23. The van der Waals surface area contributed by atoms with Gasteiger partial charge in [0.05, 0.1) is 5.41 Å². The van der Waals surface area contributed by atoms with Gasteiger partial charge in [-0.25, -0.2) is 0 Å². The molecular weight excluding hydrogens is 496 g/mol. The van der Waals surface area contributed by atoms with Gasteiger partial charge in [0.2, 0.25) is 0 Å². The molecule has 0 aliphatic carbocycles. The second-order valence-corrected chi connectivity index (χ2v) is 10.8. The molecule has 0 amide bonds. The quantitative estimate of drug-likeness (QED) is 0.173. The zero-order valence-corrected chi connectivity index (χ0v) is 23.4. The smallest absolute Gasteiger partial charge is 0.115 e. The number of phenolic OH excluding ortho intramolecular Hbond substituents is 4. The Balaban J connectivity index is 2.07. The molecule has 0 aromatic heterocycles. The molecule has 0 unspecified atom stereocenters. The van der Waals surface area contributed by atoms with Crippen LogP contribution in [0.5, 0.6) is 23.0 Å². The fraction of sp³-hybridized carbons (Fsp3) is 0.167. The summed E-state index contributed by atoms with van der Waals surface area (Å²) in [7, 11) is 0. The van der Waals surface area contributed by atoms with Gasteiger partial charge in [-0.3, -0.25) is 0 Å². The van der Waals surface area contributed by atoms with Crippen LogP contribution in [0.2, 0.25) is 0 Å². The van der Waals surface area contributed by atoms with Crippen molar-refractivity contribution >= 4 is 0 Å². The van der Waals surface area contributed by atoms with E-state index in [4.69, 9.17) is 0 Å². The Labute approximate surface area is 235 Å². The van der Waals surface area contributed by atoms with E-state index in [0.29, 0.717) is 0 Å². The number of hydrogen-bond acceptors (Lipinski definition) is 4. The molecular formula is C36H34O4. The summed E-state index contributed by atoms with van der Waals surface area (Å²) in [5.74, 6) is 0.746. The summed E-state index contributed by atoms with van der Waals surface area (Å²) in [5, 5.41) is 41.5. The molecule has 0 fully saturated rings. The lowest BCUT2D eigenvalue weighted by atomic mass is 9.60. The minimum atomic E-state index is -0.902. The van der Waals surface area contributed by atoms with Crippen molar-refractivity contribution in [3.8, 4) is 34.1 Å². The van der Waals surface area contributed by atoms with E-state index in [9.17, 15) is 20.4 Å². The Morgan fingerprint density at radius 2 is 0.750 bits per heavy atom. The third-order valence-corrected chi connectivity index (χ3v) is 7.92. The third-order valence-electron chi connectivity index (χ3n) is 7.92. The van der Waals surface area contributed by atoms with Gasteiger partial charge < -0.3 is 20.4 Å². The van der Waals surface area contributed by atoms with Crippen LogP contribution in [0.4, 0.5) is 0 Å². The average Bonchev–Trinajstić information content (AvgIpc) is 2.87. The van der Waals surface area contributed by atoms with Crippen LogP contribution >= 0.6 is 0 Å². The SMILES string of the molecule is Cc1ccc(C(c2ccc(O)cc2C)(c2ccc(O)cc2C)c2ccc(O)cc2C)c(-c2ccc(O)cc2C)c1. The predicted molar refractivity (Wildman–Crippen MR) is 161 cm³/mol. The lowest BCUT2D eigenvalue weighted by molar-refractivity contribution is 0.473. The number of hydrogen-bond donors (Lipinski definition) is 4. The minimum Gasteiger partial charge on any atom is -0.508 e. The fourth-order valence-corrected chi connectivity index (χ4v) is 6.23. The zero-order chi connectivity index (χ0) is 28.8. The van der Waals surface area contributed by atoms with Gasteiger partial charge in [0.1, 0.15) is 23.0 Å². The Kier molecular flexibility index (Phi) is 6.80. The van der Waals surface area contributed by atoms with Crippen LogP contribution < -0.4 is 0 Å². The molecule has 5 aromatic rings. The zero-order valence-electron chi connectivity index (χ0n) is 23.4. The lowest BCUT2D eigenvalue weighted by Gasteiger charge is -2.41. The van der Waals surface area contributed by atoms with E-state index >= 15 is 0 Å². The summed E-state index contributed by atoms with van der Waals surface area (Å²) in [4.78, 5) is 0. The molecule has 0 saturated carbocycles. The van der Waals surface area contributed by atoms with Crippen molar-refractivity contribution in [3.05, 3.63) is 141 Å². The molecule has 0 radical (unpaired) electrons. The van der Waals surface area contributed by atoms with Gasteiger partial charge in [0.15, 0.2) is 0 Å². The van der Waals surface area contributed by atoms with Gasteiger partial charge in [-0.15, -0.1) is 0 Å². The Morgan fingerprint density at radius 1 is 0.375 bits per heavy atom. The summed E-state index contributed by atoms with van der Waals surface area (Å²) in [6, 6.07) is 28.2. The molecule has 0 aliphatic rings. The number of aromatic hydroxyl groups is 4. The van der Waals surface area contributed by atoms with Crippen LogP contribution in [0.3, 0.4) is 0 Å². The molecule has 0 aliphatic heterocycles. The standard InChI is InChI=1S/C36H34O4/c1-21-6-12-35(31(16-21)30-11-7-26(37)17-22(30)2)36(32-13-8-27(38)18-23(32)3,33-14-9-28(39)19-24(33)4)34-15-10-29(40)20-25(34)5/h6-20,37-40H,1-5H3. The van der Waals surface area contributed by atoms with E-state index in [2.05, 4.69) is 25.1 Å². The monoisotopic (exact) mass is 530 g/mol. The van der Waals surface area contributed by atoms with Crippen LogP contribution in [0.25, 0.3) is 11.1 Å². The highest BCUT2D eigenvalue weighted by atomic mass is 16.3. The second-order valence-electron chi connectivity index (χ2n) is 10.8. The van der Waals surface area contributed by atoms with E-state index in [1.165, 1.54) is 0 Å². The van der Waals surface area contributed by atoms with Crippen molar-refractivity contribution in [2.75, 3.05) is 0 Å². The van der Waals surface area contributed by atoms with E-state index in [-0.39, 0.29) is 23.0 Å². The number of rotatable bonds is 5. The van der Waals surface area contributed by atoms with Crippen molar-refractivity contribution in [1.82, 2.24) is 0 Å². The maximum atomic E-state index is 10.4. The van der Waals surface area contributed by atoms with Gasteiger partial charge in [-0.2, -0.15) is 0 Å². The first-order valence-electron chi connectivity index (χ1n) is 13.3. The van der Waals surface area contributed by atoms with Crippen LogP contribution in [-0.2, 0) is 5.41 Å². The van der Waals surface area contributed by atoms with Gasteiger partial charge in [0.25, 0.3) is 0 Å². The van der Waals surface area contributed by atoms with Crippen molar-refractivity contribution < 1.29 is 20.4 Å². The molecule has 202 valence electrons. The van der Waals surface area contributed by atoms with Crippen LogP contribution in [0, 0.1) is 34.6 Å². The largest absolute Gasteiger partial charge is 0.508 e. The van der Waals surface area contributed by atoms with Crippen molar-refractivity contribution in [1.29, 1.82) is 0 Å². The number of benzene rings is 5. The van der Waals surface area contributed by atoms with E-state index in [1.807, 2.05) is 52.0 Å². The van der Waals surface area contributed by atoms with Crippen molar-refractivity contribution in [2.24, 2.45) is 0 Å². The molecule has 5 aromatic carbocycles. The molecule has 0 bridgehead atoms. The van der Waals surface area contributed by atoms with Crippen LogP contribution in [0.1, 0.15) is 50.1 Å². The Morgan fingerprint density at radius 3 is 1.15 bits per heavy atom. The molecule has 0 spiro atoms. The normalized spacial score (nSPS) is 11.5. The average molecular weight is 531 g/mol. The first-order valence-corrected chi connectivity index (χ1v) is 13.3. The second kappa shape index (κ2) is 10.1. The number of aryl methyl sites for hydroxylation is 5. The van der Waals surface area contributed by atoms with Gasteiger partial charge in [0, 0.05) is 0 Å². The molecule has 4 heteroatoms. The van der Waals surface area contributed by atoms with Crippen molar-refractivity contribution in [2.45, 2.75) is 40.0 Å². The number of phenols is 4. The molecule has 4 nitrogen and oxygen atoms in total. The highest BCUT2D eigenvalue weighted by Gasteiger charge is 2.43. The first-order chi connectivity index (χ1) is 19.0. The minimum absolute atomic E-state index is 0.179.